The van der Waals surface area contributed by atoms with E-state index in [1.807, 2.05) is 69.3 Å². The largest absolute Gasteiger partial charge is 0.491 e. The van der Waals surface area contributed by atoms with Crippen molar-refractivity contribution in [3.63, 3.8) is 0 Å². The Morgan fingerprint density at radius 1 is 1.08 bits per heavy atom. The lowest BCUT2D eigenvalue weighted by Crippen LogP contribution is -2.27. The molecule has 0 aliphatic carbocycles. The number of hydrogen-bond donors (Lipinski definition) is 0. The summed E-state index contributed by atoms with van der Waals surface area (Å²) in [5.41, 5.74) is 4.10. The Balaban J connectivity index is 1.83. The number of carbonyl (C=O) groups is 1. The number of amides is 1. The molecule has 0 radical (unpaired) electrons. The van der Waals surface area contributed by atoms with Gasteiger partial charge in [0.1, 0.15) is 5.75 Å². The number of rotatable bonds is 4. The van der Waals surface area contributed by atoms with E-state index in [-0.39, 0.29) is 12.0 Å². The van der Waals surface area contributed by atoms with E-state index in [0.717, 1.165) is 22.6 Å². The molecule has 1 saturated heterocycles. The van der Waals surface area contributed by atoms with E-state index in [1.54, 1.807) is 4.90 Å². The van der Waals surface area contributed by atoms with Crippen molar-refractivity contribution < 1.29 is 9.53 Å². The van der Waals surface area contributed by atoms with Crippen LogP contribution in [0.2, 0.25) is 0 Å². The molecule has 0 atom stereocenters. The van der Waals surface area contributed by atoms with Crippen molar-refractivity contribution in [1.29, 1.82) is 0 Å². The topological polar surface area (TPSA) is 29.5 Å². The van der Waals surface area contributed by atoms with Gasteiger partial charge in [0.2, 0.25) is 0 Å². The lowest BCUT2D eigenvalue weighted by Gasteiger charge is -2.15. The van der Waals surface area contributed by atoms with Gasteiger partial charge in [-0.05, 0) is 74.7 Å². The van der Waals surface area contributed by atoms with Gasteiger partial charge in [0, 0.05) is 0 Å². The average Bonchev–Trinajstić information content (AvgIpc) is 2.85. The van der Waals surface area contributed by atoms with Gasteiger partial charge in [-0.2, -0.15) is 0 Å². The Labute approximate surface area is 164 Å². The van der Waals surface area contributed by atoms with Gasteiger partial charge in [-0.1, -0.05) is 42.2 Å². The van der Waals surface area contributed by atoms with Gasteiger partial charge < -0.3 is 4.74 Å². The van der Waals surface area contributed by atoms with Crippen LogP contribution >= 0.6 is 24.0 Å². The van der Waals surface area contributed by atoms with Crippen LogP contribution < -0.4 is 9.64 Å². The number of anilines is 1. The monoisotopic (exact) mass is 383 g/mol. The molecule has 0 N–H and O–H groups in total. The van der Waals surface area contributed by atoms with E-state index in [2.05, 4.69) is 6.92 Å². The predicted octanol–water partition coefficient (Wildman–Crippen LogP) is 5.50. The molecule has 3 nitrogen and oxygen atoms in total. The van der Waals surface area contributed by atoms with Crippen LogP contribution in [0, 0.1) is 13.8 Å². The van der Waals surface area contributed by atoms with Crippen molar-refractivity contribution in [1.82, 2.24) is 0 Å². The summed E-state index contributed by atoms with van der Waals surface area (Å²) in [5.74, 6) is 0.741. The number of benzene rings is 2. The fourth-order valence-corrected chi connectivity index (χ4v) is 3.92. The zero-order chi connectivity index (χ0) is 18.8. The summed E-state index contributed by atoms with van der Waals surface area (Å²) < 4.78 is 6.21. The van der Waals surface area contributed by atoms with E-state index in [9.17, 15) is 4.79 Å². The van der Waals surface area contributed by atoms with Gasteiger partial charge in [-0.3, -0.25) is 9.69 Å². The number of ether oxygens (including phenoxy) is 1. The molecular formula is C21H21NO2S2. The Kier molecular flexibility index (Phi) is 5.49. The Morgan fingerprint density at radius 2 is 1.77 bits per heavy atom. The minimum Gasteiger partial charge on any atom is -0.491 e. The Hall–Kier alpha value is -2.11. The number of hydrogen-bond acceptors (Lipinski definition) is 4. The number of aryl methyl sites for hydroxylation is 2. The first-order chi connectivity index (χ1) is 12.3. The fraction of sp³-hybridized carbons (Fsp3) is 0.238. The molecule has 26 heavy (non-hydrogen) atoms. The second-order valence-electron chi connectivity index (χ2n) is 6.52. The molecular weight excluding hydrogens is 362 g/mol. The van der Waals surface area contributed by atoms with Crippen LogP contribution in [0.15, 0.2) is 47.4 Å². The van der Waals surface area contributed by atoms with Crippen LogP contribution in [-0.2, 0) is 4.79 Å². The highest BCUT2D eigenvalue weighted by atomic mass is 32.2. The Bertz CT molecular complexity index is 885. The molecule has 1 fully saturated rings. The lowest BCUT2D eigenvalue weighted by molar-refractivity contribution is -0.113. The van der Waals surface area contributed by atoms with E-state index >= 15 is 0 Å². The standard InChI is InChI=1S/C21H21NO2S2/c1-13(2)24-18-9-6-16(7-10-18)12-19-20(23)22(21(25)26-19)17-8-5-14(3)15(4)11-17/h5-13H,1-4H3/b19-12-. The van der Waals surface area contributed by atoms with Crippen molar-refractivity contribution in [2.24, 2.45) is 0 Å². The highest BCUT2D eigenvalue weighted by molar-refractivity contribution is 8.27. The van der Waals surface area contributed by atoms with Gasteiger partial charge >= 0.3 is 0 Å². The minimum atomic E-state index is -0.0780. The third kappa shape index (κ3) is 4.00. The summed E-state index contributed by atoms with van der Waals surface area (Å²) in [4.78, 5) is 15.1. The average molecular weight is 384 g/mol. The van der Waals surface area contributed by atoms with Crippen LogP contribution in [0.5, 0.6) is 5.75 Å². The smallest absolute Gasteiger partial charge is 0.270 e. The van der Waals surface area contributed by atoms with E-state index in [0.29, 0.717) is 9.23 Å². The maximum Gasteiger partial charge on any atom is 0.270 e. The molecule has 2 aromatic rings. The van der Waals surface area contributed by atoms with Crippen molar-refractivity contribution in [3.8, 4) is 5.75 Å². The summed E-state index contributed by atoms with van der Waals surface area (Å²) in [6.07, 6.45) is 2.01. The quantitative estimate of drug-likeness (QED) is 0.515. The molecule has 0 bridgehead atoms. The van der Waals surface area contributed by atoms with Crippen LogP contribution in [0.3, 0.4) is 0 Å². The maximum atomic E-state index is 12.9. The second kappa shape index (κ2) is 7.64. The first-order valence-electron chi connectivity index (χ1n) is 8.47. The van der Waals surface area contributed by atoms with Crippen LogP contribution in [0.25, 0.3) is 6.08 Å². The lowest BCUT2D eigenvalue weighted by atomic mass is 10.1. The molecule has 3 rings (SSSR count). The van der Waals surface area contributed by atoms with E-state index in [1.165, 1.54) is 17.3 Å². The zero-order valence-electron chi connectivity index (χ0n) is 15.3. The maximum absolute atomic E-state index is 12.9. The molecule has 0 aromatic heterocycles. The summed E-state index contributed by atoms with van der Waals surface area (Å²) in [5, 5.41) is 0. The molecule has 2 aromatic carbocycles. The van der Waals surface area contributed by atoms with Crippen molar-refractivity contribution >= 4 is 46.0 Å². The first kappa shape index (κ1) is 18.7. The predicted molar refractivity (Wildman–Crippen MR) is 114 cm³/mol. The van der Waals surface area contributed by atoms with Crippen molar-refractivity contribution in [2.75, 3.05) is 4.90 Å². The number of nitrogens with zero attached hydrogens (tertiary/aromatic N) is 1. The zero-order valence-corrected chi connectivity index (χ0v) is 16.9. The van der Waals surface area contributed by atoms with Gasteiger partial charge in [0.15, 0.2) is 4.32 Å². The first-order valence-corrected chi connectivity index (χ1v) is 9.69. The van der Waals surface area contributed by atoms with E-state index in [4.69, 9.17) is 17.0 Å². The highest BCUT2D eigenvalue weighted by Crippen LogP contribution is 2.36. The Morgan fingerprint density at radius 3 is 2.38 bits per heavy atom. The van der Waals surface area contributed by atoms with Gasteiger partial charge in [0.25, 0.3) is 5.91 Å². The molecule has 134 valence electrons. The molecule has 5 heteroatoms. The summed E-state index contributed by atoms with van der Waals surface area (Å²) >= 11 is 6.78. The molecule has 1 aliphatic rings. The minimum absolute atomic E-state index is 0.0780. The van der Waals surface area contributed by atoms with Gasteiger partial charge in [0.05, 0.1) is 16.7 Å². The van der Waals surface area contributed by atoms with Crippen LogP contribution in [0.4, 0.5) is 5.69 Å². The molecule has 0 unspecified atom stereocenters. The molecule has 1 heterocycles. The number of thioether (sulfide) groups is 1. The summed E-state index contributed by atoms with van der Waals surface area (Å²) in [6, 6.07) is 13.7. The number of thiocarbonyl (C=S) groups is 1. The molecule has 1 aliphatic heterocycles. The SMILES string of the molecule is Cc1ccc(N2C(=O)/C(=C/c3ccc(OC(C)C)cc3)SC2=S)cc1C. The third-order valence-corrected chi connectivity index (χ3v) is 5.39. The van der Waals surface area contributed by atoms with Crippen molar-refractivity contribution in [3.05, 3.63) is 64.1 Å². The normalized spacial score (nSPS) is 16.0. The van der Waals surface area contributed by atoms with Gasteiger partial charge in [-0.15, -0.1) is 0 Å². The van der Waals surface area contributed by atoms with Gasteiger partial charge in [-0.25, -0.2) is 0 Å². The van der Waals surface area contributed by atoms with Crippen molar-refractivity contribution in [2.45, 2.75) is 33.8 Å². The second-order valence-corrected chi connectivity index (χ2v) is 8.20. The van der Waals surface area contributed by atoms with Crippen LogP contribution in [-0.4, -0.2) is 16.3 Å². The summed E-state index contributed by atoms with van der Waals surface area (Å²) in [6.45, 7) is 8.07. The number of carbonyl (C=O) groups excluding carboxylic acids is 1. The fourth-order valence-electron chi connectivity index (χ4n) is 2.62. The molecule has 0 saturated carbocycles. The molecule has 0 spiro atoms. The third-order valence-electron chi connectivity index (χ3n) is 4.09. The van der Waals surface area contributed by atoms with E-state index < -0.39 is 0 Å². The molecule has 1 amide bonds. The van der Waals surface area contributed by atoms with Crippen LogP contribution in [0.1, 0.15) is 30.5 Å². The summed E-state index contributed by atoms with van der Waals surface area (Å²) in [7, 11) is 0. The highest BCUT2D eigenvalue weighted by Gasteiger charge is 2.33.